The van der Waals surface area contributed by atoms with E-state index in [4.69, 9.17) is 0 Å². The van der Waals surface area contributed by atoms with Gasteiger partial charge in [0, 0.05) is 11.4 Å². The van der Waals surface area contributed by atoms with Gasteiger partial charge < -0.3 is 4.90 Å². The average molecular weight is 412 g/mol. The van der Waals surface area contributed by atoms with E-state index in [1.54, 1.807) is 37.3 Å². The van der Waals surface area contributed by atoms with E-state index in [0.717, 1.165) is 22.0 Å². The van der Waals surface area contributed by atoms with Crippen molar-refractivity contribution in [3.8, 4) is 0 Å². The highest BCUT2D eigenvalue weighted by Gasteiger charge is 2.43. The summed E-state index contributed by atoms with van der Waals surface area (Å²) in [5.41, 5.74) is 0.326. The third kappa shape index (κ3) is 3.21. The lowest BCUT2D eigenvalue weighted by atomic mass is 10.1. The van der Waals surface area contributed by atoms with E-state index >= 15 is 0 Å². The molecule has 28 heavy (non-hydrogen) atoms. The number of nitrogens with zero attached hydrogens (tertiary/aromatic N) is 2. The van der Waals surface area contributed by atoms with Crippen molar-refractivity contribution in [3.63, 3.8) is 0 Å². The second-order valence-corrected chi connectivity index (χ2v) is 9.19. The van der Waals surface area contributed by atoms with E-state index in [1.165, 1.54) is 6.07 Å². The Labute approximate surface area is 160 Å². The van der Waals surface area contributed by atoms with Crippen LogP contribution in [0.3, 0.4) is 0 Å². The van der Waals surface area contributed by atoms with Gasteiger partial charge in [0.2, 0.25) is 5.91 Å². The van der Waals surface area contributed by atoms with E-state index < -0.39 is 41.2 Å². The van der Waals surface area contributed by atoms with Crippen molar-refractivity contribution < 1.29 is 26.4 Å². The number of halogens is 3. The standard InChI is InChI=1S/C19H19F3N2O3S/c1-12(13-8-9-13)23(11-19(20,21)22)17(25)10-24-15-6-2-4-14-5-3-7-16(18(14)15)28(24,26)27/h2-7,12-13H,8-11H2,1H3/t12-/m1/s1. The molecule has 0 aromatic heterocycles. The smallest absolute Gasteiger partial charge is 0.329 e. The lowest BCUT2D eigenvalue weighted by Gasteiger charge is -2.32. The monoisotopic (exact) mass is 412 g/mol. The summed E-state index contributed by atoms with van der Waals surface area (Å²) >= 11 is 0. The van der Waals surface area contributed by atoms with Crippen LogP contribution in [-0.2, 0) is 14.8 Å². The van der Waals surface area contributed by atoms with Crippen LogP contribution in [0.5, 0.6) is 0 Å². The topological polar surface area (TPSA) is 57.7 Å². The van der Waals surface area contributed by atoms with Gasteiger partial charge in [-0.2, -0.15) is 13.2 Å². The van der Waals surface area contributed by atoms with Crippen LogP contribution in [0.15, 0.2) is 41.3 Å². The number of hydrogen-bond donors (Lipinski definition) is 0. The highest BCUT2D eigenvalue weighted by Crippen LogP contribution is 2.42. The van der Waals surface area contributed by atoms with Crippen LogP contribution in [0.1, 0.15) is 19.8 Å². The van der Waals surface area contributed by atoms with Gasteiger partial charge in [-0.15, -0.1) is 0 Å². The first-order chi connectivity index (χ1) is 13.1. The molecule has 2 aromatic rings. The second kappa shape index (κ2) is 6.37. The highest BCUT2D eigenvalue weighted by atomic mass is 32.2. The van der Waals surface area contributed by atoms with Gasteiger partial charge in [-0.3, -0.25) is 9.10 Å². The fraction of sp³-hybridized carbons (Fsp3) is 0.421. The summed E-state index contributed by atoms with van der Waals surface area (Å²) in [6, 6.07) is 9.23. The minimum absolute atomic E-state index is 0.0297. The molecule has 4 rings (SSSR count). The van der Waals surface area contributed by atoms with Crippen LogP contribution in [0.2, 0.25) is 0 Å². The second-order valence-electron chi connectivity index (χ2n) is 7.36. The molecule has 150 valence electrons. The normalized spacial score (nSPS) is 19.1. The van der Waals surface area contributed by atoms with Crippen molar-refractivity contribution in [2.24, 2.45) is 5.92 Å². The first-order valence-electron chi connectivity index (χ1n) is 9.00. The molecule has 5 nitrogen and oxygen atoms in total. The number of carbonyl (C=O) groups excluding carboxylic acids is 1. The number of hydrogen-bond acceptors (Lipinski definition) is 3. The molecule has 2 aromatic carbocycles. The maximum Gasteiger partial charge on any atom is 0.406 e. The Morgan fingerprint density at radius 3 is 2.46 bits per heavy atom. The molecule has 2 aliphatic rings. The van der Waals surface area contributed by atoms with Gasteiger partial charge >= 0.3 is 6.18 Å². The van der Waals surface area contributed by atoms with Crippen LogP contribution < -0.4 is 4.31 Å². The van der Waals surface area contributed by atoms with E-state index in [9.17, 15) is 26.4 Å². The minimum Gasteiger partial charge on any atom is -0.329 e. The Balaban J connectivity index is 1.68. The summed E-state index contributed by atoms with van der Waals surface area (Å²) in [5, 5.41) is 1.20. The molecule has 1 aliphatic heterocycles. The number of alkyl halides is 3. The maximum atomic E-state index is 13.0. The summed E-state index contributed by atoms with van der Waals surface area (Å²) in [4.78, 5) is 13.7. The van der Waals surface area contributed by atoms with Gasteiger partial charge in [0.15, 0.2) is 0 Å². The fourth-order valence-corrected chi connectivity index (χ4v) is 5.49. The fourth-order valence-electron chi connectivity index (χ4n) is 3.83. The summed E-state index contributed by atoms with van der Waals surface area (Å²) in [6.45, 7) is -0.437. The van der Waals surface area contributed by atoms with E-state index in [0.29, 0.717) is 16.5 Å². The zero-order valence-corrected chi connectivity index (χ0v) is 15.9. The molecule has 0 unspecified atom stereocenters. The molecule has 0 N–H and O–H groups in total. The van der Waals surface area contributed by atoms with E-state index in [2.05, 4.69) is 0 Å². The molecule has 0 saturated heterocycles. The Hall–Kier alpha value is -2.29. The van der Waals surface area contributed by atoms with E-state index in [-0.39, 0.29) is 10.8 Å². The third-order valence-corrected chi connectivity index (χ3v) is 7.23. The maximum absolute atomic E-state index is 13.0. The zero-order valence-electron chi connectivity index (χ0n) is 15.1. The van der Waals surface area contributed by atoms with Crippen molar-refractivity contribution in [1.29, 1.82) is 0 Å². The molecule has 1 fully saturated rings. The number of sulfonamides is 1. The largest absolute Gasteiger partial charge is 0.406 e. The predicted octanol–water partition coefficient (Wildman–Crippen LogP) is 3.54. The number of benzene rings is 2. The first-order valence-corrected chi connectivity index (χ1v) is 10.4. The van der Waals surface area contributed by atoms with Crippen molar-refractivity contribution in [3.05, 3.63) is 36.4 Å². The lowest BCUT2D eigenvalue weighted by Crippen LogP contribution is -2.49. The highest BCUT2D eigenvalue weighted by molar-refractivity contribution is 7.93. The number of rotatable bonds is 5. The Morgan fingerprint density at radius 2 is 1.86 bits per heavy atom. The van der Waals surface area contributed by atoms with E-state index in [1.807, 2.05) is 0 Å². The van der Waals surface area contributed by atoms with Crippen LogP contribution in [0.25, 0.3) is 10.8 Å². The molecule has 1 atom stereocenters. The molecule has 9 heteroatoms. The Bertz CT molecular complexity index is 1040. The zero-order chi connectivity index (χ0) is 20.3. The summed E-state index contributed by atoms with van der Waals surface area (Å²) < 4.78 is 66.0. The molecule has 1 heterocycles. The van der Waals surface area contributed by atoms with Crippen LogP contribution in [0.4, 0.5) is 18.9 Å². The van der Waals surface area contributed by atoms with Gasteiger partial charge in [0.05, 0.1) is 10.6 Å². The van der Waals surface area contributed by atoms with Crippen LogP contribution >= 0.6 is 0 Å². The average Bonchev–Trinajstić information content (AvgIpc) is 3.44. The Kier molecular flexibility index (Phi) is 4.33. The van der Waals surface area contributed by atoms with Gasteiger partial charge in [0.1, 0.15) is 13.1 Å². The summed E-state index contributed by atoms with van der Waals surface area (Å²) in [7, 11) is -4.00. The molecular weight excluding hydrogens is 393 g/mol. The van der Waals surface area contributed by atoms with Gasteiger partial charge in [-0.1, -0.05) is 24.3 Å². The van der Waals surface area contributed by atoms with Crippen molar-refractivity contribution >= 4 is 32.4 Å². The third-order valence-electron chi connectivity index (χ3n) is 5.43. The SMILES string of the molecule is C[C@H](C1CC1)N(CC(F)(F)F)C(=O)CN1c2cccc3cccc(c23)S1(=O)=O. The Morgan fingerprint density at radius 1 is 1.21 bits per heavy atom. The molecule has 1 amide bonds. The summed E-state index contributed by atoms with van der Waals surface area (Å²) in [5.74, 6) is -0.813. The quantitative estimate of drug-likeness (QED) is 0.755. The molecule has 0 radical (unpaired) electrons. The predicted molar refractivity (Wildman–Crippen MR) is 98.4 cm³/mol. The molecule has 1 saturated carbocycles. The lowest BCUT2D eigenvalue weighted by molar-refractivity contribution is -0.165. The molecule has 0 bridgehead atoms. The minimum atomic E-state index is -4.55. The van der Waals surface area contributed by atoms with Gasteiger partial charge in [0.25, 0.3) is 10.0 Å². The molecular formula is C19H19F3N2O3S. The number of carbonyl (C=O) groups is 1. The molecule has 1 aliphatic carbocycles. The van der Waals surface area contributed by atoms with Gasteiger partial charge in [-0.25, -0.2) is 8.42 Å². The van der Waals surface area contributed by atoms with Crippen molar-refractivity contribution in [2.45, 2.75) is 36.9 Å². The summed E-state index contributed by atoms with van der Waals surface area (Å²) in [6.07, 6.45) is -3.00. The first kappa shape index (κ1) is 19.0. The number of amides is 1. The van der Waals surface area contributed by atoms with Crippen molar-refractivity contribution in [1.82, 2.24) is 4.90 Å². The van der Waals surface area contributed by atoms with Crippen LogP contribution in [0, 0.1) is 5.92 Å². The van der Waals surface area contributed by atoms with Crippen LogP contribution in [-0.4, -0.2) is 44.5 Å². The van der Waals surface area contributed by atoms with Crippen molar-refractivity contribution in [2.75, 3.05) is 17.4 Å². The number of anilines is 1. The molecule has 0 spiro atoms. The van der Waals surface area contributed by atoms with Gasteiger partial charge in [-0.05, 0) is 43.2 Å².